The Kier molecular flexibility index (Phi) is 10.8. The van der Waals surface area contributed by atoms with Gasteiger partial charge >= 0.3 is 0 Å². The predicted molar refractivity (Wildman–Crippen MR) is 152 cm³/mol. The molecule has 0 fully saturated rings. The highest BCUT2D eigenvalue weighted by Gasteiger charge is 2.20. The molecular formula is C32H39FN2O. The van der Waals surface area contributed by atoms with Gasteiger partial charge in [-0.05, 0) is 82.7 Å². The number of benzene rings is 2. The molecule has 3 rings (SSSR count). The number of alkyl halides is 1. The molecule has 2 aromatic carbocycles. The van der Waals surface area contributed by atoms with Crippen molar-refractivity contribution in [3.8, 4) is 0 Å². The Labute approximate surface area is 216 Å². The molecule has 0 unspecified atom stereocenters. The number of amidine groups is 1. The summed E-state index contributed by atoms with van der Waals surface area (Å²) in [5.41, 5.74) is 5.79. The molecule has 3 nitrogen and oxygen atoms in total. The first-order valence-corrected chi connectivity index (χ1v) is 12.4. The molecule has 36 heavy (non-hydrogen) atoms. The Hall–Kier alpha value is -3.53. The summed E-state index contributed by atoms with van der Waals surface area (Å²) in [7, 11) is 0. The van der Waals surface area contributed by atoms with Crippen molar-refractivity contribution >= 4 is 17.3 Å². The Bertz CT molecular complexity index is 1180. The van der Waals surface area contributed by atoms with Crippen molar-refractivity contribution in [2.45, 2.75) is 66.5 Å². The van der Waals surface area contributed by atoms with E-state index in [1.807, 2.05) is 56.3 Å². The lowest BCUT2D eigenvalue weighted by Crippen LogP contribution is -2.21. The fourth-order valence-corrected chi connectivity index (χ4v) is 3.92. The number of nitrogens with one attached hydrogen (secondary N) is 1. The average molecular weight is 487 g/mol. The van der Waals surface area contributed by atoms with Crippen molar-refractivity contribution in [2.24, 2.45) is 4.99 Å². The van der Waals surface area contributed by atoms with Crippen molar-refractivity contribution < 1.29 is 9.18 Å². The Morgan fingerprint density at radius 2 is 1.75 bits per heavy atom. The van der Waals surface area contributed by atoms with Gasteiger partial charge in [0.25, 0.3) is 0 Å². The van der Waals surface area contributed by atoms with Crippen molar-refractivity contribution in [1.29, 1.82) is 0 Å². The number of carbonyl (C=O) groups is 1. The van der Waals surface area contributed by atoms with E-state index in [2.05, 4.69) is 48.1 Å². The molecule has 0 atom stereocenters. The van der Waals surface area contributed by atoms with E-state index in [0.29, 0.717) is 0 Å². The van der Waals surface area contributed by atoms with Crippen LogP contribution in [0.15, 0.2) is 95.7 Å². The number of rotatable bonds is 7. The molecular weight excluding hydrogens is 447 g/mol. The molecule has 1 aliphatic carbocycles. The third kappa shape index (κ3) is 8.92. The summed E-state index contributed by atoms with van der Waals surface area (Å²) in [6.45, 7) is 14.6. The first kappa shape index (κ1) is 28.7. The van der Waals surface area contributed by atoms with Crippen LogP contribution in [0.2, 0.25) is 0 Å². The van der Waals surface area contributed by atoms with Gasteiger partial charge in [-0.15, -0.1) is 0 Å². The number of nitrogens with zero attached hydrogens (tertiary/aromatic N) is 1. The lowest BCUT2D eigenvalue weighted by atomic mass is 9.93. The maximum atomic E-state index is 13.6. The standard InChI is InChI=1S/C21H24N2O.C11H15F/c1-5-6-21(19-9-7-15(2)8-10-19)23-17(4)22-20-13-11-18(12-14-20)16(3)24;1-4-9-7-5-6-8-10(9)11(2,3)12/h5-11,13H,1,12,14H2,2-4H3,(H,22,23);5-8H,4H2,1-3H3/b21-6-;. The summed E-state index contributed by atoms with van der Waals surface area (Å²) < 4.78 is 13.6. The zero-order valence-corrected chi connectivity index (χ0v) is 22.5. The molecule has 0 heterocycles. The summed E-state index contributed by atoms with van der Waals surface area (Å²) in [6.07, 6.45) is 9.98. The van der Waals surface area contributed by atoms with Crippen LogP contribution >= 0.6 is 0 Å². The first-order valence-electron chi connectivity index (χ1n) is 12.4. The van der Waals surface area contributed by atoms with E-state index in [1.165, 1.54) is 5.56 Å². The van der Waals surface area contributed by atoms with Gasteiger partial charge in [0.1, 0.15) is 11.5 Å². The molecule has 0 aromatic heterocycles. The number of aryl methyl sites for hydroxylation is 2. The number of ketones is 1. The van der Waals surface area contributed by atoms with Crippen LogP contribution in [0, 0.1) is 6.92 Å². The Morgan fingerprint density at radius 3 is 2.25 bits per heavy atom. The van der Waals surface area contributed by atoms with Gasteiger partial charge in [-0.1, -0.05) is 79.7 Å². The van der Waals surface area contributed by atoms with Crippen LogP contribution in [0.1, 0.15) is 69.7 Å². The zero-order chi connectivity index (χ0) is 26.7. The van der Waals surface area contributed by atoms with Crippen LogP contribution < -0.4 is 5.32 Å². The van der Waals surface area contributed by atoms with Crippen LogP contribution in [0.5, 0.6) is 0 Å². The molecule has 0 saturated carbocycles. The van der Waals surface area contributed by atoms with E-state index in [4.69, 9.17) is 0 Å². The average Bonchev–Trinajstić information content (AvgIpc) is 2.84. The largest absolute Gasteiger partial charge is 0.347 e. The Balaban J connectivity index is 0.000000319. The maximum absolute atomic E-state index is 13.6. The van der Waals surface area contributed by atoms with Gasteiger partial charge in [0.15, 0.2) is 5.78 Å². The minimum atomic E-state index is -1.22. The number of Topliss-reactive ketones (excluding diaryl/α,β-unsaturated/α-hetero) is 1. The number of aliphatic imine (C=N–C) groups is 1. The van der Waals surface area contributed by atoms with Gasteiger partial charge < -0.3 is 5.32 Å². The molecule has 0 aliphatic heterocycles. The summed E-state index contributed by atoms with van der Waals surface area (Å²) in [6, 6.07) is 15.9. The number of allylic oxidation sites excluding steroid dienone is 6. The van der Waals surface area contributed by atoms with Gasteiger partial charge in [-0.2, -0.15) is 0 Å². The summed E-state index contributed by atoms with van der Waals surface area (Å²) in [5.74, 6) is 0.959. The fourth-order valence-electron chi connectivity index (χ4n) is 3.92. The van der Waals surface area contributed by atoms with Gasteiger partial charge in [0, 0.05) is 11.3 Å². The number of carbonyl (C=O) groups excluding carboxylic acids is 1. The number of halogens is 1. The highest BCUT2D eigenvalue weighted by molar-refractivity contribution is 5.94. The smallest absolute Gasteiger partial charge is 0.155 e. The van der Waals surface area contributed by atoms with E-state index in [9.17, 15) is 9.18 Å². The lowest BCUT2D eigenvalue weighted by molar-refractivity contribution is -0.113. The summed E-state index contributed by atoms with van der Waals surface area (Å²) in [5, 5.41) is 3.33. The number of hydrogen-bond donors (Lipinski definition) is 1. The molecule has 1 aliphatic rings. The van der Waals surface area contributed by atoms with Crippen LogP contribution in [-0.4, -0.2) is 11.6 Å². The third-order valence-electron chi connectivity index (χ3n) is 5.89. The van der Waals surface area contributed by atoms with Crippen LogP contribution in [0.25, 0.3) is 5.70 Å². The van der Waals surface area contributed by atoms with E-state index in [1.54, 1.807) is 26.8 Å². The highest BCUT2D eigenvalue weighted by atomic mass is 19.1. The zero-order valence-electron chi connectivity index (χ0n) is 22.5. The molecule has 1 N–H and O–H groups in total. The van der Waals surface area contributed by atoms with Gasteiger partial charge in [-0.3, -0.25) is 4.79 Å². The second-order valence-corrected chi connectivity index (χ2v) is 9.40. The van der Waals surface area contributed by atoms with Gasteiger partial charge in [0.2, 0.25) is 0 Å². The van der Waals surface area contributed by atoms with Crippen molar-refractivity contribution in [2.75, 3.05) is 0 Å². The van der Waals surface area contributed by atoms with Gasteiger partial charge in [-0.25, -0.2) is 9.38 Å². The second-order valence-electron chi connectivity index (χ2n) is 9.40. The molecule has 2 aromatic rings. The van der Waals surface area contributed by atoms with E-state index < -0.39 is 5.67 Å². The van der Waals surface area contributed by atoms with Crippen molar-refractivity contribution in [3.63, 3.8) is 0 Å². The quantitative estimate of drug-likeness (QED) is 0.244. The highest BCUT2D eigenvalue weighted by Crippen LogP contribution is 2.27. The molecule has 0 saturated heterocycles. The van der Waals surface area contributed by atoms with E-state index >= 15 is 0 Å². The first-order chi connectivity index (χ1) is 17.0. The molecule has 0 radical (unpaired) electrons. The Morgan fingerprint density at radius 1 is 1.08 bits per heavy atom. The van der Waals surface area contributed by atoms with Crippen LogP contribution in [-0.2, 0) is 16.9 Å². The maximum Gasteiger partial charge on any atom is 0.155 e. The molecule has 0 bridgehead atoms. The monoisotopic (exact) mass is 486 g/mol. The molecule has 190 valence electrons. The topological polar surface area (TPSA) is 41.5 Å². The van der Waals surface area contributed by atoms with E-state index in [-0.39, 0.29) is 5.78 Å². The molecule has 0 amide bonds. The second kappa shape index (κ2) is 13.5. The van der Waals surface area contributed by atoms with Crippen molar-refractivity contribution in [1.82, 2.24) is 5.32 Å². The minimum absolute atomic E-state index is 0.145. The summed E-state index contributed by atoms with van der Waals surface area (Å²) >= 11 is 0. The third-order valence-corrected chi connectivity index (χ3v) is 5.89. The van der Waals surface area contributed by atoms with Crippen LogP contribution in [0.3, 0.4) is 0 Å². The summed E-state index contributed by atoms with van der Waals surface area (Å²) in [4.78, 5) is 16.0. The normalized spacial score (nSPS) is 14.2. The molecule has 0 spiro atoms. The van der Waals surface area contributed by atoms with Gasteiger partial charge in [0.05, 0.1) is 5.70 Å². The van der Waals surface area contributed by atoms with E-state index in [0.717, 1.165) is 58.8 Å². The van der Waals surface area contributed by atoms with Crippen LogP contribution in [0.4, 0.5) is 4.39 Å². The number of hydrogen-bond acceptors (Lipinski definition) is 2. The lowest BCUT2D eigenvalue weighted by Gasteiger charge is -2.18. The molecule has 4 heteroatoms. The predicted octanol–water partition coefficient (Wildman–Crippen LogP) is 8.18. The fraction of sp³-hybridized carbons (Fsp3) is 0.312. The SMILES string of the molecule is C=C/C=C(\N=C(C)NC1=CC=C(C(C)=O)CC1)c1ccc(C)cc1.CCc1ccccc1C(C)(C)F. The minimum Gasteiger partial charge on any atom is -0.347 e. The van der Waals surface area contributed by atoms with Crippen molar-refractivity contribution in [3.05, 3.63) is 113 Å².